The number of ketones is 1. The first-order valence-electron chi connectivity index (χ1n) is 6.28. The summed E-state index contributed by atoms with van der Waals surface area (Å²) in [5.41, 5.74) is 2.35. The Hall–Kier alpha value is -2.03. The van der Waals surface area contributed by atoms with Gasteiger partial charge >= 0.3 is 0 Å². The van der Waals surface area contributed by atoms with Gasteiger partial charge in [0.2, 0.25) is 0 Å². The standard InChI is InChI=1S/C15H18N2O/c1-2-12-3-5-13(6-4-12)7-8-14(18)11-15-16-9-10-17-15/h3-8,11,16-17H,2,9-10H2,1H3/b8-7+. The van der Waals surface area contributed by atoms with Crippen molar-refractivity contribution in [2.75, 3.05) is 13.1 Å². The maximum Gasteiger partial charge on any atom is 0.182 e. The molecule has 0 amide bonds. The van der Waals surface area contributed by atoms with E-state index >= 15 is 0 Å². The summed E-state index contributed by atoms with van der Waals surface area (Å²) in [6, 6.07) is 8.23. The molecule has 1 saturated heterocycles. The van der Waals surface area contributed by atoms with E-state index in [-0.39, 0.29) is 5.78 Å². The molecule has 0 atom stereocenters. The Bertz CT molecular complexity index is 464. The van der Waals surface area contributed by atoms with E-state index in [1.807, 2.05) is 18.2 Å². The summed E-state index contributed by atoms with van der Waals surface area (Å²) in [6.45, 7) is 3.88. The van der Waals surface area contributed by atoms with Crippen molar-refractivity contribution in [3.05, 3.63) is 53.4 Å². The van der Waals surface area contributed by atoms with Gasteiger partial charge in [0.05, 0.1) is 0 Å². The van der Waals surface area contributed by atoms with Crippen molar-refractivity contribution in [2.45, 2.75) is 13.3 Å². The first-order chi connectivity index (χ1) is 8.78. The van der Waals surface area contributed by atoms with Crippen LogP contribution in [0.2, 0.25) is 0 Å². The van der Waals surface area contributed by atoms with E-state index in [2.05, 4.69) is 29.7 Å². The fraction of sp³-hybridized carbons (Fsp3) is 0.267. The van der Waals surface area contributed by atoms with Crippen molar-refractivity contribution < 1.29 is 4.79 Å². The van der Waals surface area contributed by atoms with Gasteiger partial charge in [-0.25, -0.2) is 0 Å². The van der Waals surface area contributed by atoms with Crippen LogP contribution in [0.3, 0.4) is 0 Å². The molecule has 1 aliphatic heterocycles. The zero-order chi connectivity index (χ0) is 12.8. The normalized spacial score (nSPS) is 14.4. The molecule has 1 aromatic carbocycles. The Kier molecular flexibility index (Phi) is 4.18. The average molecular weight is 242 g/mol. The second-order valence-electron chi connectivity index (χ2n) is 4.24. The van der Waals surface area contributed by atoms with E-state index in [9.17, 15) is 4.79 Å². The molecule has 0 spiro atoms. The summed E-state index contributed by atoms with van der Waals surface area (Å²) in [6.07, 6.45) is 6.06. The highest BCUT2D eigenvalue weighted by Crippen LogP contribution is 2.06. The average Bonchev–Trinajstić information content (AvgIpc) is 2.90. The fourth-order valence-electron chi connectivity index (χ4n) is 1.79. The molecule has 1 heterocycles. The van der Waals surface area contributed by atoms with Gasteiger partial charge in [0.1, 0.15) is 5.82 Å². The van der Waals surface area contributed by atoms with Crippen molar-refractivity contribution in [2.24, 2.45) is 0 Å². The second-order valence-corrected chi connectivity index (χ2v) is 4.24. The molecular formula is C15H18N2O. The molecule has 2 N–H and O–H groups in total. The van der Waals surface area contributed by atoms with Gasteiger partial charge < -0.3 is 10.6 Å². The number of benzene rings is 1. The molecule has 3 nitrogen and oxygen atoms in total. The molecule has 0 unspecified atom stereocenters. The largest absolute Gasteiger partial charge is 0.370 e. The van der Waals surface area contributed by atoms with Crippen LogP contribution in [0.1, 0.15) is 18.1 Å². The van der Waals surface area contributed by atoms with Gasteiger partial charge in [-0.15, -0.1) is 0 Å². The van der Waals surface area contributed by atoms with E-state index in [0.717, 1.165) is 30.9 Å². The van der Waals surface area contributed by atoms with Crippen LogP contribution in [-0.2, 0) is 11.2 Å². The van der Waals surface area contributed by atoms with Crippen LogP contribution in [0.5, 0.6) is 0 Å². The number of rotatable bonds is 4. The van der Waals surface area contributed by atoms with Gasteiger partial charge in [0.25, 0.3) is 0 Å². The van der Waals surface area contributed by atoms with Gasteiger partial charge in [-0.05, 0) is 23.6 Å². The smallest absolute Gasteiger partial charge is 0.182 e. The lowest BCUT2D eigenvalue weighted by molar-refractivity contribution is -0.110. The number of hydrogen-bond donors (Lipinski definition) is 2. The SMILES string of the molecule is CCc1ccc(/C=C/C(=O)C=C2NCCN2)cc1. The minimum atomic E-state index is -0.00790. The van der Waals surface area contributed by atoms with Crippen LogP contribution in [-0.4, -0.2) is 18.9 Å². The number of nitrogens with one attached hydrogen (secondary N) is 2. The quantitative estimate of drug-likeness (QED) is 0.792. The Morgan fingerprint density at radius 2 is 1.89 bits per heavy atom. The molecule has 0 aliphatic carbocycles. The summed E-state index contributed by atoms with van der Waals surface area (Å²) in [7, 11) is 0. The highest BCUT2D eigenvalue weighted by atomic mass is 16.1. The molecule has 0 radical (unpaired) electrons. The molecule has 3 heteroatoms. The van der Waals surface area contributed by atoms with Gasteiger partial charge in [0.15, 0.2) is 5.78 Å². The highest BCUT2D eigenvalue weighted by Gasteiger charge is 2.04. The predicted octanol–water partition coefficient (Wildman–Crippen LogP) is 1.87. The van der Waals surface area contributed by atoms with Crippen LogP contribution in [0, 0.1) is 0 Å². The zero-order valence-electron chi connectivity index (χ0n) is 10.6. The fourth-order valence-corrected chi connectivity index (χ4v) is 1.79. The summed E-state index contributed by atoms with van der Waals surface area (Å²) in [4.78, 5) is 11.7. The Labute approximate surface area is 108 Å². The number of carbonyl (C=O) groups excluding carboxylic acids is 1. The van der Waals surface area contributed by atoms with Gasteiger partial charge in [-0.1, -0.05) is 37.3 Å². The van der Waals surface area contributed by atoms with Crippen molar-refractivity contribution >= 4 is 11.9 Å². The van der Waals surface area contributed by atoms with Gasteiger partial charge in [0, 0.05) is 19.2 Å². The molecule has 18 heavy (non-hydrogen) atoms. The molecule has 0 bridgehead atoms. The zero-order valence-corrected chi connectivity index (χ0v) is 10.6. The van der Waals surface area contributed by atoms with Crippen molar-refractivity contribution in [3.63, 3.8) is 0 Å². The van der Waals surface area contributed by atoms with E-state index in [4.69, 9.17) is 0 Å². The predicted molar refractivity (Wildman–Crippen MR) is 73.9 cm³/mol. The van der Waals surface area contributed by atoms with Crippen LogP contribution in [0.15, 0.2) is 42.2 Å². The Morgan fingerprint density at radius 1 is 1.22 bits per heavy atom. The molecule has 1 aliphatic rings. The van der Waals surface area contributed by atoms with Crippen LogP contribution in [0.4, 0.5) is 0 Å². The summed E-state index contributed by atoms with van der Waals surface area (Å²) in [5, 5.41) is 6.19. The molecular weight excluding hydrogens is 224 g/mol. The lowest BCUT2D eigenvalue weighted by Gasteiger charge is -1.97. The van der Waals surface area contributed by atoms with Crippen molar-refractivity contribution in [1.29, 1.82) is 0 Å². The summed E-state index contributed by atoms with van der Waals surface area (Å²) >= 11 is 0. The molecule has 1 fully saturated rings. The highest BCUT2D eigenvalue weighted by molar-refractivity contribution is 6.02. The van der Waals surface area contributed by atoms with Gasteiger partial charge in [-0.2, -0.15) is 0 Å². The number of hydrogen-bond acceptors (Lipinski definition) is 3. The van der Waals surface area contributed by atoms with E-state index < -0.39 is 0 Å². The molecule has 94 valence electrons. The van der Waals surface area contributed by atoms with Crippen LogP contribution < -0.4 is 10.6 Å². The maximum absolute atomic E-state index is 11.7. The molecule has 0 saturated carbocycles. The topological polar surface area (TPSA) is 41.1 Å². The lowest BCUT2D eigenvalue weighted by atomic mass is 10.1. The number of allylic oxidation sites excluding steroid dienone is 2. The minimum absolute atomic E-state index is 0.00790. The van der Waals surface area contributed by atoms with E-state index in [0.29, 0.717) is 0 Å². The third-order valence-electron chi connectivity index (χ3n) is 2.87. The Morgan fingerprint density at radius 3 is 2.50 bits per heavy atom. The minimum Gasteiger partial charge on any atom is -0.370 e. The lowest BCUT2D eigenvalue weighted by Crippen LogP contribution is -2.11. The maximum atomic E-state index is 11.7. The first-order valence-corrected chi connectivity index (χ1v) is 6.28. The molecule has 0 aromatic heterocycles. The number of carbonyl (C=O) groups is 1. The molecule has 1 aromatic rings. The van der Waals surface area contributed by atoms with Crippen LogP contribution >= 0.6 is 0 Å². The second kappa shape index (κ2) is 6.05. The third kappa shape index (κ3) is 3.48. The van der Waals surface area contributed by atoms with Crippen molar-refractivity contribution in [3.8, 4) is 0 Å². The van der Waals surface area contributed by atoms with E-state index in [1.54, 1.807) is 12.2 Å². The van der Waals surface area contributed by atoms with Crippen LogP contribution in [0.25, 0.3) is 6.08 Å². The molecule has 2 rings (SSSR count). The van der Waals surface area contributed by atoms with E-state index in [1.165, 1.54) is 5.56 Å². The monoisotopic (exact) mass is 242 g/mol. The van der Waals surface area contributed by atoms with Gasteiger partial charge in [-0.3, -0.25) is 4.79 Å². The summed E-state index contributed by atoms with van der Waals surface area (Å²) in [5.74, 6) is 0.803. The number of aryl methyl sites for hydroxylation is 1. The summed E-state index contributed by atoms with van der Waals surface area (Å²) < 4.78 is 0. The van der Waals surface area contributed by atoms with Crippen molar-refractivity contribution in [1.82, 2.24) is 10.6 Å². The third-order valence-corrected chi connectivity index (χ3v) is 2.87. The first kappa shape index (κ1) is 12.4. The Balaban J connectivity index is 1.96.